The predicted molar refractivity (Wildman–Crippen MR) is 112 cm³/mol. The molecular weight excluding hydrogens is 404 g/mol. The molecule has 6 nitrogen and oxygen atoms in total. The standard InChI is InChI=1S/C23H19F2N3O3/c24-19-7-4-8-20(25)18(19)13-31-16-9-10-21-17(11-16)23(28-27-21)26-22(29)14-30-12-15-5-2-1-3-6-15/h1-11H,12-14H2,(H2,26,27,28,29). The average Bonchev–Trinajstić information content (AvgIpc) is 3.16. The molecule has 0 fully saturated rings. The van der Waals surface area contributed by atoms with Gasteiger partial charge in [-0.1, -0.05) is 36.4 Å². The number of aromatic nitrogens is 2. The normalized spacial score (nSPS) is 10.9. The lowest BCUT2D eigenvalue weighted by molar-refractivity contribution is -0.121. The summed E-state index contributed by atoms with van der Waals surface area (Å²) in [6, 6.07) is 18.2. The van der Waals surface area contributed by atoms with Crippen molar-refractivity contribution in [2.45, 2.75) is 13.2 Å². The van der Waals surface area contributed by atoms with E-state index in [2.05, 4.69) is 15.5 Å². The Hall–Kier alpha value is -3.78. The first-order chi connectivity index (χ1) is 15.1. The van der Waals surface area contributed by atoms with E-state index in [1.54, 1.807) is 18.2 Å². The summed E-state index contributed by atoms with van der Waals surface area (Å²) in [5.74, 6) is -1.01. The van der Waals surface area contributed by atoms with Gasteiger partial charge in [0.25, 0.3) is 5.91 Å². The number of carbonyl (C=O) groups is 1. The van der Waals surface area contributed by atoms with Gasteiger partial charge in [-0.05, 0) is 35.9 Å². The van der Waals surface area contributed by atoms with Crippen molar-refractivity contribution in [3.05, 3.63) is 89.5 Å². The predicted octanol–water partition coefficient (Wildman–Crippen LogP) is 4.58. The lowest BCUT2D eigenvalue weighted by Gasteiger charge is -2.09. The van der Waals surface area contributed by atoms with E-state index in [4.69, 9.17) is 9.47 Å². The molecule has 1 amide bonds. The van der Waals surface area contributed by atoms with Gasteiger partial charge in [0.1, 0.15) is 30.6 Å². The third-order valence-corrected chi connectivity index (χ3v) is 4.58. The molecule has 0 atom stereocenters. The molecule has 4 aromatic rings. The van der Waals surface area contributed by atoms with Crippen molar-refractivity contribution in [1.82, 2.24) is 10.2 Å². The number of hydrogen-bond acceptors (Lipinski definition) is 4. The van der Waals surface area contributed by atoms with Crippen LogP contribution >= 0.6 is 0 Å². The van der Waals surface area contributed by atoms with E-state index < -0.39 is 11.6 Å². The van der Waals surface area contributed by atoms with Gasteiger partial charge in [-0.3, -0.25) is 9.89 Å². The van der Waals surface area contributed by atoms with Gasteiger partial charge < -0.3 is 14.8 Å². The van der Waals surface area contributed by atoms with E-state index in [1.165, 1.54) is 18.2 Å². The monoisotopic (exact) mass is 423 g/mol. The lowest BCUT2D eigenvalue weighted by atomic mass is 10.2. The maximum atomic E-state index is 13.8. The van der Waals surface area contributed by atoms with Crippen LogP contribution in [0, 0.1) is 11.6 Å². The molecule has 0 saturated heterocycles. The summed E-state index contributed by atoms with van der Waals surface area (Å²) < 4.78 is 38.5. The molecule has 0 unspecified atom stereocenters. The maximum Gasteiger partial charge on any atom is 0.251 e. The number of hydrogen-bond donors (Lipinski definition) is 2. The average molecular weight is 423 g/mol. The Kier molecular flexibility index (Phi) is 6.18. The highest BCUT2D eigenvalue weighted by Gasteiger charge is 2.13. The number of amides is 1. The van der Waals surface area contributed by atoms with E-state index in [-0.39, 0.29) is 24.7 Å². The minimum atomic E-state index is -0.673. The molecule has 8 heteroatoms. The van der Waals surface area contributed by atoms with Crippen LogP contribution in [0.5, 0.6) is 5.75 Å². The fourth-order valence-electron chi connectivity index (χ4n) is 3.01. The molecule has 0 aliphatic carbocycles. The maximum absolute atomic E-state index is 13.8. The molecule has 3 aromatic carbocycles. The fourth-order valence-corrected chi connectivity index (χ4v) is 3.01. The molecule has 4 rings (SSSR count). The van der Waals surface area contributed by atoms with E-state index in [0.717, 1.165) is 5.56 Å². The molecule has 1 aromatic heterocycles. The van der Waals surface area contributed by atoms with Gasteiger partial charge in [-0.2, -0.15) is 5.10 Å². The van der Waals surface area contributed by atoms with Crippen LogP contribution in [0.3, 0.4) is 0 Å². The number of carbonyl (C=O) groups excluding carboxylic acids is 1. The van der Waals surface area contributed by atoms with Crippen LogP contribution in [0.1, 0.15) is 11.1 Å². The van der Waals surface area contributed by atoms with Gasteiger partial charge in [0.05, 0.1) is 17.7 Å². The third kappa shape index (κ3) is 5.04. The molecular formula is C23H19F2N3O3. The summed E-state index contributed by atoms with van der Waals surface area (Å²) in [6.45, 7) is -0.0803. The Balaban J connectivity index is 1.39. The fraction of sp³-hybridized carbons (Fsp3) is 0.130. The second kappa shape index (κ2) is 9.36. The Bertz CT molecular complexity index is 1180. The van der Waals surface area contributed by atoms with E-state index in [0.29, 0.717) is 29.1 Å². The Labute approximate surface area is 176 Å². The summed E-state index contributed by atoms with van der Waals surface area (Å²) in [5.41, 5.74) is 1.48. The molecule has 0 aliphatic rings. The number of halogens is 2. The van der Waals surface area contributed by atoms with Crippen molar-refractivity contribution >= 4 is 22.6 Å². The summed E-state index contributed by atoms with van der Waals surface area (Å²) in [4.78, 5) is 12.2. The zero-order valence-electron chi connectivity index (χ0n) is 16.4. The molecule has 0 aliphatic heterocycles. The zero-order valence-corrected chi connectivity index (χ0v) is 16.4. The summed E-state index contributed by atoms with van der Waals surface area (Å²) in [7, 11) is 0. The van der Waals surface area contributed by atoms with E-state index in [9.17, 15) is 13.6 Å². The largest absolute Gasteiger partial charge is 0.489 e. The number of fused-ring (bicyclic) bond motifs is 1. The Morgan fingerprint density at radius 2 is 1.74 bits per heavy atom. The highest BCUT2D eigenvalue weighted by Crippen LogP contribution is 2.26. The quantitative estimate of drug-likeness (QED) is 0.435. The number of rotatable bonds is 8. The lowest BCUT2D eigenvalue weighted by Crippen LogP contribution is -2.18. The Morgan fingerprint density at radius 1 is 0.968 bits per heavy atom. The van der Waals surface area contributed by atoms with Gasteiger partial charge in [-0.25, -0.2) is 8.78 Å². The highest BCUT2D eigenvalue weighted by atomic mass is 19.1. The summed E-state index contributed by atoms with van der Waals surface area (Å²) in [6.07, 6.45) is 0. The Morgan fingerprint density at radius 3 is 2.52 bits per heavy atom. The van der Waals surface area contributed by atoms with Crippen LogP contribution in [0.25, 0.3) is 10.9 Å². The van der Waals surface area contributed by atoms with Gasteiger partial charge in [0, 0.05) is 5.39 Å². The van der Waals surface area contributed by atoms with Crippen LogP contribution in [0.4, 0.5) is 14.6 Å². The van der Waals surface area contributed by atoms with Gasteiger partial charge in [0.15, 0.2) is 5.82 Å². The minimum Gasteiger partial charge on any atom is -0.489 e. The molecule has 2 N–H and O–H groups in total. The zero-order chi connectivity index (χ0) is 21.6. The molecule has 1 heterocycles. The second-order valence-corrected chi connectivity index (χ2v) is 6.80. The first kappa shape index (κ1) is 20.5. The van der Waals surface area contributed by atoms with Crippen molar-refractivity contribution in [1.29, 1.82) is 0 Å². The summed E-state index contributed by atoms with van der Waals surface area (Å²) >= 11 is 0. The van der Waals surface area contributed by atoms with Gasteiger partial charge in [0.2, 0.25) is 0 Å². The molecule has 0 saturated carbocycles. The number of nitrogens with one attached hydrogen (secondary N) is 2. The smallest absolute Gasteiger partial charge is 0.251 e. The van der Waals surface area contributed by atoms with Crippen LogP contribution in [0.15, 0.2) is 66.7 Å². The van der Waals surface area contributed by atoms with Crippen LogP contribution in [0.2, 0.25) is 0 Å². The van der Waals surface area contributed by atoms with E-state index in [1.807, 2.05) is 30.3 Å². The first-order valence-electron chi connectivity index (χ1n) is 9.55. The SMILES string of the molecule is O=C(COCc1ccccc1)Nc1n[nH]c2ccc(OCc3c(F)cccc3F)cc12. The number of ether oxygens (including phenoxy) is 2. The van der Waals surface area contributed by atoms with Crippen LogP contribution in [-0.2, 0) is 22.7 Å². The summed E-state index contributed by atoms with van der Waals surface area (Å²) in [5, 5.41) is 10.2. The minimum absolute atomic E-state index is 0.133. The topological polar surface area (TPSA) is 76.2 Å². The van der Waals surface area contributed by atoms with Crippen molar-refractivity contribution in [2.75, 3.05) is 11.9 Å². The molecule has 0 spiro atoms. The number of anilines is 1. The molecule has 0 bridgehead atoms. The molecule has 158 valence electrons. The van der Waals surface area contributed by atoms with Gasteiger partial charge >= 0.3 is 0 Å². The van der Waals surface area contributed by atoms with Crippen LogP contribution in [-0.4, -0.2) is 22.7 Å². The third-order valence-electron chi connectivity index (χ3n) is 4.58. The molecule has 0 radical (unpaired) electrons. The second-order valence-electron chi connectivity index (χ2n) is 6.80. The highest BCUT2D eigenvalue weighted by molar-refractivity contribution is 6.00. The van der Waals surface area contributed by atoms with Gasteiger partial charge in [-0.15, -0.1) is 0 Å². The van der Waals surface area contributed by atoms with E-state index >= 15 is 0 Å². The van der Waals surface area contributed by atoms with Crippen molar-refractivity contribution < 1.29 is 23.0 Å². The van der Waals surface area contributed by atoms with Crippen molar-refractivity contribution in [3.8, 4) is 5.75 Å². The number of nitrogens with zero attached hydrogens (tertiary/aromatic N) is 1. The van der Waals surface area contributed by atoms with Crippen LogP contribution < -0.4 is 10.1 Å². The number of aromatic amines is 1. The van der Waals surface area contributed by atoms with Crippen molar-refractivity contribution in [3.63, 3.8) is 0 Å². The van der Waals surface area contributed by atoms with Crippen molar-refractivity contribution in [2.24, 2.45) is 0 Å². The number of benzene rings is 3. The first-order valence-corrected chi connectivity index (χ1v) is 9.55. The molecule has 31 heavy (non-hydrogen) atoms. The number of H-pyrrole nitrogens is 1.